The van der Waals surface area contributed by atoms with Gasteiger partial charge in [0.05, 0.1) is 18.7 Å². The lowest BCUT2D eigenvalue weighted by molar-refractivity contribution is -0.137. The van der Waals surface area contributed by atoms with E-state index >= 15 is 0 Å². The van der Waals surface area contributed by atoms with E-state index < -0.39 is 66.7 Å². The predicted molar refractivity (Wildman–Crippen MR) is 78.9 cm³/mol. The molecule has 5 nitrogen and oxygen atoms in total. The maximum Gasteiger partial charge on any atom is 0.407 e. The Hall–Kier alpha value is -2.98. The molecule has 1 aromatic carbocycles. The molecule has 2 rings (SSSR count). The number of halogens is 9. The molecule has 2 aromatic rings. The van der Waals surface area contributed by atoms with Crippen LogP contribution in [0.5, 0.6) is 0 Å². The van der Waals surface area contributed by atoms with E-state index in [-0.39, 0.29) is 0 Å². The molecule has 0 N–H and O–H groups in total. The van der Waals surface area contributed by atoms with Crippen molar-refractivity contribution in [1.82, 2.24) is 10.1 Å². The number of rotatable bonds is 5. The van der Waals surface area contributed by atoms with Gasteiger partial charge < -0.3 is 9.42 Å². The molecule has 0 amide bonds. The molecule has 0 aliphatic carbocycles. The quantitative estimate of drug-likeness (QED) is 0.475. The zero-order chi connectivity index (χ0) is 22.0. The minimum atomic E-state index is -5.01. The Bertz CT molecular complexity index is 893. The average Bonchev–Trinajstić information content (AvgIpc) is 2.96. The van der Waals surface area contributed by atoms with Crippen LogP contribution in [0.3, 0.4) is 0 Å². The van der Waals surface area contributed by atoms with E-state index in [1.54, 1.807) is 0 Å². The summed E-state index contributed by atoms with van der Waals surface area (Å²) in [7, 11) is 0. The highest BCUT2D eigenvalue weighted by atomic mass is 19.4. The molecule has 0 radical (unpaired) electrons. The summed E-state index contributed by atoms with van der Waals surface area (Å²) in [5.74, 6) is -1.49. The summed E-state index contributed by atoms with van der Waals surface area (Å²) in [5, 5.41) is 3.13. The largest absolute Gasteiger partial charge is 0.407 e. The van der Waals surface area contributed by atoms with Crippen LogP contribution in [-0.4, -0.2) is 29.0 Å². The van der Waals surface area contributed by atoms with Gasteiger partial charge in [0.2, 0.25) is 5.89 Å². The number of alkyl halides is 9. The van der Waals surface area contributed by atoms with Gasteiger partial charge in [-0.1, -0.05) is 11.2 Å². The summed E-state index contributed by atoms with van der Waals surface area (Å²) in [6.45, 7) is 4.12. The Morgan fingerprint density at radius 3 is 2.17 bits per heavy atom. The van der Waals surface area contributed by atoms with Crippen LogP contribution in [0.1, 0.15) is 17.3 Å². The first kappa shape index (κ1) is 22.3. The van der Waals surface area contributed by atoms with Gasteiger partial charge in [0.25, 0.3) is 0 Å². The summed E-state index contributed by atoms with van der Waals surface area (Å²) in [6, 6.07) is 1.89. The Kier molecular flexibility index (Phi) is 6.00. The normalized spacial score (nSPS) is 12.7. The summed E-state index contributed by atoms with van der Waals surface area (Å²) >= 11 is 0. The van der Waals surface area contributed by atoms with Gasteiger partial charge in [-0.05, 0) is 12.1 Å². The molecule has 0 saturated heterocycles. The van der Waals surface area contributed by atoms with E-state index in [0.717, 1.165) is 6.07 Å². The topological polar surface area (TPSA) is 46.5 Å². The Balaban J connectivity index is 2.38. The molecule has 0 atom stereocenters. The van der Waals surface area contributed by atoms with E-state index in [1.807, 2.05) is 0 Å². The van der Waals surface area contributed by atoms with Crippen LogP contribution in [0, 0.1) is 6.57 Å². The molecule has 0 unspecified atom stereocenters. The first-order valence-electron chi connectivity index (χ1n) is 7.46. The van der Waals surface area contributed by atoms with E-state index in [0.29, 0.717) is 17.0 Å². The van der Waals surface area contributed by atoms with Gasteiger partial charge in [-0.15, -0.1) is 0 Å². The fourth-order valence-electron chi connectivity index (χ4n) is 2.27. The monoisotopic (exact) mass is 432 g/mol. The summed E-state index contributed by atoms with van der Waals surface area (Å²) in [5.41, 5.74) is -2.85. The molecule has 1 heterocycles. The third-order valence-corrected chi connectivity index (χ3v) is 3.34. The second-order valence-corrected chi connectivity index (χ2v) is 5.68. The number of nitrogens with zero attached hydrogens (tertiary/aromatic N) is 4. The number of anilines is 1. The van der Waals surface area contributed by atoms with E-state index in [4.69, 9.17) is 6.57 Å². The van der Waals surface area contributed by atoms with Crippen molar-refractivity contribution in [1.29, 1.82) is 0 Å². The molecule has 0 aliphatic rings. The minimum Gasteiger partial charge on any atom is -0.355 e. The van der Waals surface area contributed by atoms with E-state index in [1.165, 1.54) is 0 Å². The molecule has 0 bridgehead atoms. The van der Waals surface area contributed by atoms with Crippen LogP contribution in [0.25, 0.3) is 4.85 Å². The van der Waals surface area contributed by atoms with Gasteiger partial charge >= 0.3 is 18.5 Å². The number of aromatic nitrogens is 2. The number of hydrogen-bond donors (Lipinski definition) is 0. The van der Waals surface area contributed by atoms with Crippen LogP contribution < -0.4 is 4.90 Å². The summed E-state index contributed by atoms with van der Waals surface area (Å²) in [4.78, 5) is 6.37. The standard InChI is InChI=1S/C15H9F9N4O/c1-25-10-3-2-8(4-9(10)15(22,23)24)28(7-14(19,20)21)6-11-26-12(29-27-11)5-13(16,17)18/h2-4H,5-7H2. The molecule has 0 fully saturated rings. The van der Waals surface area contributed by atoms with Gasteiger partial charge in [0, 0.05) is 5.69 Å². The van der Waals surface area contributed by atoms with E-state index in [9.17, 15) is 39.5 Å². The maximum atomic E-state index is 13.1. The number of benzene rings is 1. The fraction of sp³-hybridized carbons (Fsp3) is 0.400. The molecule has 14 heteroatoms. The summed E-state index contributed by atoms with van der Waals surface area (Å²) < 4.78 is 119. The van der Waals surface area contributed by atoms with Gasteiger partial charge in [-0.25, -0.2) is 4.85 Å². The molecule has 29 heavy (non-hydrogen) atoms. The van der Waals surface area contributed by atoms with Crippen molar-refractivity contribution < 1.29 is 44.0 Å². The van der Waals surface area contributed by atoms with Crippen LogP contribution in [0.2, 0.25) is 0 Å². The van der Waals surface area contributed by atoms with Crippen molar-refractivity contribution >= 4 is 11.4 Å². The Morgan fingerprint density at radius 1 is 1.00 bits per heavy atom. The second kappa shape index (κ2) is 7.80. The molecular formula is C15H9F9N4O. The molecule has 0 saturated carbocycles. The highest BCUT2D eigenvalue weighted by Crippen LogP contribution is 2.39. The van der Waals surface area contributed by atoms with Crippen molar-refractivity contribution in [2.75, 3.05) is 11.4 Å². The second-order valence-electron chi connectivity index (χ2n) is 5.68. The third kappa shape index (κ3) is 6.54. The highest BCUT2D eigenvalue weighted by molar-refractivity contribution is 5.62. The van der Waals surface area contributed by atoms with Crippen LogP contribution >= 0.6 is 0 Å². The van der Waals surface area contributed by atoms with Crippen molar-refractivity contribution in [3.05, 3.63) is 46.9 Å². The maximum absolute atomic E-state index is 13.1. The van der Waals surface area contributed by atoms with Crippen LogP contribution in [-0.2, 0) is 19.1 Å². The first-order valence-corrected chi connectivity index (χ1v) is 7.46. The lowest BCUT2D eigenvalue weighted by Crippen LogP contribution is -2.34. The van der Waals surface area contributed by atoms with Crippen molar-refractivity contribution in [3.63, 3.8) is 0 Å². The lowest BCUT2D eigenvalue weighted by atomic mass is 10.1. The van der Waals surface area contributed by atoms with Crippen molar-refractivity contribution in [2.45, 2.75) is 31.5 Å². The van der Waals surface area contributed by atoms with Crippen molar-refractivity contribution in [2.24, 2.45) is 0 Å². The average molecular weight is 432 g/mol. The smallest absolute Gasteiger partial charge is 0.355 e. The van der Waals surface area contributed by atoms with Gasteiger partial charge in [-0.2, -0.15) is 44.5 Å². The van der Waals surface area contributed by atoms with Gasteiger partial charge in [0.1, 0.15) is 13.0 Å². The predicted octanol–water partition coefficient (Wildman–Crippen LogP) is 5.31. The fourth-order valence-corrected chi connectivity index (χ4v) is 2.27. The molecule has 158 valence electrons. The van der Waals surface area contributed by atoms with Crippen LogP contribution in [0.4, 0.5) is 50.9 Å². The van der Waals surface area contributed by atoms with Crippen molar-refractivity contribution in [3.8, 4) is 0 Å². The van der Waals surface area contributed by atoms with Gasteiger partial charge in [0.15, 0.2) is 11.5 Å². The lowest BCUT2D eigenvalue weighted by Gasteiger charge is -2.25. The molecule has 0 aliphatic heterocycles. The Morgan fingerprint density at radius 2 is 1.66 bits per heavy atom. The summed E-state index contributed by atoms with van der Waals surface area (Å²) in [6.07, 6.45) is -16.2. The molecule has 1 aromatic heterocycles. The number of hydrogen-bond acceptors (Lipinski definition) is 4. The van der Waals surface area contributed by atoms with Gasteiger partial charge in [-0.3, -0.25) is 0 Å². The minimum absolute atomic E-state index is 0.343. The van der Waals surface area contributed by atoms with Crippen LogP contribution in [0.15, 0.2) is 22.7 Å². The SMILES string of the molecule is [C-]#[N+]c1ccc(N(Cc2noc(CC(F)(F)F)n2)CC(F)(F)F)cc1C(F)(F)F. The Labute approximate surface area is 156 Å². The first-order chi connectivity index (χ1) is 13.2. The molecule has 0 spiro atoms. The van der Waals surface area contributed by atoms with E-state index in [2.05, 4.69) is 19.5 Å². The zero-order valence-electron chi connectivity index (χ0n) is 14.0. The molecular weight excluding hydrogens is 423 g/mol. The third-order valence-electron chi connectivity index (χ3n) is 3.34. The highest BCUT2D eigenvalue weighted by Gasteiger charge is 2.36. The zero-order valence-corrected chi connectivity index (χ0v) is 14.0.